The van der Waals surface area contributed by atoms with Crippen molar-refractivity contribution in [3.05, 3.63) is 70.9 Å². The maximum Gasteiger partial charge on any atom is 0.338 e. The Labute approximate surface area is 155 Å². The van der Waals surface area contributed by atoms with E-state index in [1.165, 1.54) is 17.6 Å². The van der Waals surface area contributed by atoms with Crippen molar-refractivity contribution in [2.45, 2.75) is 12.4 Å². The van der Waals surface area contributed by atoms with Crippen LogP contribution in [0.25, 0.3) is 10.7 Å². The highest BCUT2D eigenvalue weighted by molar-refractivity contribution is 7.89. The lowest BCUT2D eigenvalue weighted by Crippen LogP contribution is -2.06. The van der Waals surface area contributed by atoms with Crippen LogP contribution in [0.5, 0.6) is 0 Å². The standard InChI is InChI=1S/C18H16N2O4S2/c1-26(22,23)12-13-5-7-14(8-6-13)18(21)24-10-15-11-25-17(20-15)16-4-2-3-9-19-16/h2-9,11H,10,12H2,1H3. The number of nitrogens with zero attached hydrogens (tertiary/aromatic N) is 2. The molecule has 2 aromatic heterocycles. The van der Waals surface area contributed by atoms with Crippen LogP contribution in [0.15, 0.2) is 54.0 Å². The molecule has 6 nitrogen and oxygen atoms in total. The molecule has 0 saturated carbocycles. The first kappa shape index (κ1) is 18.2. The molecule has 0 aliphatic heterocycles. The SMILES string of the molecule is CS(=O)(=O)Cc1ccc(C(=O)OCc2csc(-c3ccccn3)n2)cc1. The van der Waals surface area contributed by atoms with E-state index in [2.05, 4.69) is 9.97 Å². The third kappa shape index (κ3) is 4.96. The topological polar surface area (TPSA) is 86.2 Å². The summed E-state index contributed by atoms with van der Waals surface area (Å²) < 4.78 is 27.8. The second-order valence-electron chi connectivity index (χ2n) is 5.70. The van der Waals surface area contributed by atoms with Crippen molar-refractivity contribution in [3.8, 4) is 10.7 Å². The molecule has 0 spiro atoms. The van der Waals surface area contributed by atoms with Crippen LogP contribution in [-0.4, -0.2) is 30.6 Å². The summed E-state index contributed by atoms with van der Waals surface area (Å²) in [5, 5.41) is 2.59. The summed E-state index contributed by atoms with van der Waals surface area (Å²) in [6.07, 6.45) is 2.87. The number of thiazole rings is 1. The average Bonchev–Trinajstić information content (AvgIpc) is 3.09. The zero-order chi connectivity index (χ0) is 18.6. The Balaban J connectivity index is 1.60. The highest BCUT2D eigenvalue weighted by atomic mass is 32.2. The van der Waals surface area contributed by atoms with Crippen molar-refractivity contribution in [2.24, 2.45) is 0 Å². The first-order chi connectivity index (χ1) is 12.4. The van der Waals surface area contributed by atoms with Crippen LogP contribution >= 0.6 is 11.3 Å². The minimum absolute atomic E-state index is 0.0581. The van der Waals surface area contributed by atoms with Crippen molar-refractivity contribution in [1.29, 1.82) is 0 Å². The molecular formula is C18H16N2O4S2. The molecule has 26 heavy (non-hydrogen) atoms. The van der Waals surface area contributed by atoms with Gasteiger partial charge in [0.2, 0.25) is 0 Å². The van der Waals surface area contributed by atoms with Crippen LogP contribution in [-0.2, 0) is 26.9 Å². The Bertz CT molecular complexity index is 997. The number of pyridine rings is 1. The van der Waals surface area contributed by atoms with Crippen LogP contribution in [0.4, 0.5) is 0 Å². The molecule has 0 saturated heterocycles. The maximum absolute atomic E-state index is 12.1. The second-order valence-corrected chi connectivity index (χ2v) is 8.70. The minimum atomic E-state index is -3.11. The minimum Gasteiger partial charge on any atom is -0.456 e. The van der Waals surface area contributed by atoms with Crippen molar-refractivity contribution in [1.82, 2.24) is 9.97 Å². The van der Waals surface area contributed by atoms with Gasteiger partial charge in [-0.25, -0.2) is 18.2 Å². The molecule has 0 aliphatic rings. The lowest BCUT2D eigenvalue weighted by molar-refractivity contribution is 0.0468. The van der Waals surface area contributed by atoms with Gasteiger partial charge in [0.25, 0.3) is 0 Å². The number of rotatable bonds is 6. The number of hydrogen-bond donors (Lipinski definition) is 0. The molecule has 2 heterocycles. The third-order valence-electron chi connectivity index (χ3n) is 3.41. The number of aromatic nitrogens is 2. The number of benzene rings is 1. The van der Waals surface area contributed by atoms with Crippen molar-refractivity contribution < 1.29 is 17.9 Å². The smallest absolute Gasteiger partial charge is 0.338 e. The van der Waals surface area contributed by atoms with Crippen molar-refractivity contribution >= 4 is 27.1 Å². The molecule has 1 aromatic carbocycles. The van der Waals surface area contributed by atoms with Gasteiger partial charge in [0.1, 0.15) is 11.6 Å². The highest BCUT2D eigenvalue weighted by Gasteiger charge is 2.11. The van der Waals surface area contributed by atoms with E-state index in [0.717, 1.165) is 10.7 Å². The molecule has 0 aliphatic carbocycles. The molecule has 0 N–H and O–H groups in total. The number of hydrogen-bond acceptors (Lipinski definition) is 7. The molecule has 0 radical (unpaired) electrons. The van der Waals surface area contributed by atoms with E-state index >= 15 is 0 Å². The quantitative estimate of drug-likeness (QED) is 0.603. The van der Waals surface area contributed by atoms with E-state index in [-0.39, 0.29) is 12.4 Å². The summed E-state index contributed by atoms with van der Waals surface area (Å²) in [5.41, 5.74) is 2.42. The largest absolute Gasteiger partial charge is 0.456 e. The molecule has 8 heteroatoms. The lowest BCUT2D eigenvalue weighted by Gasteiger charge is -2.04. The predicted molar refractivity (Wildman–Crippen MR) is 99.5 cm³/mol. The number of esters is 1. The Morgan fingerprint density at radius 1 is 1.15 bits per heavy atom. The van der Waals surface area contributed by atoms with Gasteiger partial charge in [-0.1, -0.05) is 18.2 Å². The van der Waals surface area contributed by atoms with Crippen molar-refractivity contribution in [3.63, 3.8) is 0 Å². The van der Waals surface area contributed by atoms with Crippen LogP contribution in [0.3, 0.4) is 0 Å². The first-order valence-electron chi connectivity index (χ1n) is 7.70. The van der Waals surface area contributed by atoms with Gasteiger partial charge in [0.15, 0.2) is 9.84 Å². The van der Waals surface area contributed by atoms with Gasteiger partial charge in [0.05, 0.1) is 22.7 Å². The van der Waals surface area contributed by atoms with Gasteiger partial charge >= 0.3 is 5.97 Å². The molecule has 134 valence electrons. The number of carbonyl (C=O) groups is 1. The monoisotopic (exact) mass is 388 g/mol. The zero-order valence-corrected chi connectivity index (χ0v) is 15.6. The first-order valence-corrected chi connectivity index (χ1v) is 10.6. The average molecular weight is 388 g/mol. The fourth-order valence-electron chi connectivity index (χ4n) is 2.24. The van der Waals surface area contributed by atoms with Gasteiger partial charge in [-0.05, 0) is 29.8 Å². The van der Waals surface area contributed by atoms with Gasteiger partial charge < -0.3 is 4.74 Å². The summed E-state index contributed by atoms with van der Waals surface area (Å²) in [6.45, 7) is 0.0628. The summed E-state index contributed by atoms with van der Waals surface area (Å²) in [7, 11) is -3.11. The van der Waals surface area contributed by atoms with E-state index in [4.69, 9.17) is 4.74 Å². The number of sulfone groups is 1. The van der Waals surface area contributed by atoms with E-state index in [1.807, 2.05) is 23.6 Å². The zero-order valence-electron chi connectivity index (χ0n) is 14.0. The van der Waals surface area contributed by atoms with E-state index in [1.54, 1.807) is 30.5 Å². The molecule has 3 aromatic rings. The molecule has 0 unspecified atom stereocenters. The molecule has 0 bridgehead atoms. The summed E-state index contributed by atoms with van der Waals surface area (Å²) in [5.74, 6) is -0.541. The molecule has 0 amide bonds. The molecular weight excluding hydrogens is 372 g/mol. The summed E-state index contributed by atoms with van der Waals surface area (Å²) >= 11 is 1.44. The van der Waals surface area contributed by atoms with Gasteiger partial charge in [0, 0.05) is 17.8 Å². The summed E-state index contributed by atoms with van der Waals surface area (Å²) in [4.78, 5) is 20.8. The predicted octanol–water partition coefficient (Wildman–Crippen LogP) is 3.11. The van der Waals surface area contributed by atoms with Gasteiger partial charge in [-0.2, -0.15) is 0 Å². The normalized spacial score (nSPS) is 11.3. The molecule has 0 atom stereocenters. The van der Waals surface area contributed by atoms with Crippen LogP contribution in [0.1, 0.15) is 21.6 Å². The van der Waals surface area contributed by atoms with Gasteiger partial charge in [-0.15, -0.1) is 11.3 Å². The Kier molecular flexibility index (Phi) is 5.43. The molecule has 3 rings (SSSR count). The van der Waals surface area contributed by atoms with Crippen LogP contribution in [0, 0.1) is 0 Å². The molecule has 0 fully saturated rings. The number of carbonyl (C=O) groups excluding carboxylic acids is 1. The summed E-state index contributed by atoms with van der Waals surface area (Å²) in [6, 6.07) is 11.9. The van der Waals surface area contributed by atoms with E-state index < -0.39 is 15.8 Å². The number of ether oxygens (including phenoxy) is 1. The Hall–Kier alpha value is -2.58. The van der Waals surface area contributed by atoms with Gasteiger partial charge in [-0.3, -0.25) is 4.98 Å². The van der Waals surface area contributed by atoms with Crippen LogP contribution < -0.4 is 0 Å². The van der Waals surface area contributed by atoms with Crippen LogP contribution in [0.2, 0.25) is 0 Å². The van der Waals surface area contributed by atoms with E-state index in [9.17, 15) is 13.2 Å². The Morgan fingerprint density at radius 3 is 2.58 bits per heavy atom. The maximum atomic E-state index is 12.1. The second kappa shape index (κ2) is 7.76. The fourth-order valence-corrected chi connectivity index (χ4v) is 3.82. The lowest BCUT2D eigenvalue weighted by atomic mass is 10.1. The van der Waals surface area contributed by atoms with E-state index in [0.29, 0.717) is 16.8 Å². The highest BCUT2D eigenvalue weighted by Crippen LogP contribution is 2.21. The third-order valence-corrected chi connectivity index (χ3v) is 5.18. The fraction of sp³-hybridized carbons (Fsp3) is 0.167. The van der Waals surface area contributed by atoms with Crippen molar-refractivity contribution in [2.75, 3.05) is 6.26 Å². The Morgan fingerprint density at radius 2 is 1.92 bits per heavy atom.